The number of benzene rings is 1. The van der Waals surface area contributed by atoms with E-state index in [2.05, 4.69) is 6.58 Å². The number of anilines is 1. The number of alkyl halides is 3. The summed E-state index contributed by atoms with van der Waals surface area (Å²) >= 11 is 7.15. The molecule has 6 nitrogen and oxygen atoms in total. The Hall–Kier alpha value is -2.53. The summed E-state index contributed by atoms with van der Waals surface area (Å²) in [5.41, 5.74) is -2.00. The molecule has 1 aromatic rings. The highest BCUT2D eigenvalue weighted by molar-refractivity contribution is 8.00. The Balaban J connectivity index is 2.43. The molecule has 186 valence electrons. The molecular weight excluding hydrogens is 500 g/mol. The van der Waals surface area contributed by atoms with Gasteiger partial charge in [0.2, 0.25) is 0 Å². The van der Waals surface area contributed by atoms with Crippen molar-refractivity contribution in [1.82, 2.24) is 4.90 Å². The number of allylic oxidation sites excluding steroid dienone is 2. The van der Waals surface area contributed by atoms with Gasteiger partial charge in [0.25, 0.3) is 0 Å². The van der Waals surface area contributed by atoms with E-state index in [1.165, 1.54) is 6.07 Å². The second-order valence-electron chi connectivity index (χ2n) is 7.79. The molecule has 2 amide bonds. The molecule has 0 aromatic heterocycles. The van der Waals surface area contributed by atoms with E-state index in [0.717, 1.165) is 24.9 Å². The van der Waals surface area contributed by atoms with E-state index in [0.29, 0.717) is 28.6 Å². The zero-order valence-electron chi connectivity index (χ0n) is 18.6. The largest absolute Gasteiger partial charge is 0.464 e. The van der Waals surface area contributed by atoms with Crippen molar-refractivity contribution < 1.29 is 36.7 Å². The summed E-state index contributed by atoms with van der Waals surface area (Å²) in [7, 11) is 0.915. The third-order valence-electron chi connectivity index (χ3n) is 4.66. The average Bonchev–Trinajstić information content (AvgIpc) is 2.72. The van der Waals surface area contributed by atoms with Crippen molar-refractivity contribution in [3.8, 4) is 0 Å². The van der Waals surface area contributed by atoms with Gasteiger partial charge in [-0.25, -0.2) is 9.18 Å². The number of hydrogen-bond donors (Lipinski definition) is 0. The molecule has 12 heteroatoms. The minimum Gasteiger partial charge on any atom is -0.464 e. The van der Waals surface area contributed by atoms with Crippen molar-refractivity contribution in [2.75, 3.05) is 18.6 Å². The van der Waals surface area contributed by atoms with Crippen molar-refractivity contribution in [3.05, 3.63) is 47.0 Å². The summed E-state index contributed by atoms with van der Waals surface area (Å²) in [4.78, 5) is 37.0. The second-order valence-corrected chi connectivity index (χ2v) is 9.44. The van der Waals surface area contributed by atoms with Crippen LogP contribution in [0.25, 0.3) is 0 Å². The molecule has 0 saturated carbocycles. The van der Waals surface area contributed by atoms with Crippen LogP contribution in [0.4, 0.5) is 28.0 Å². The number of rotatable bonds is 9. The van der Waals surface area contributed by atoms with E-state index in [9.17, 15) is 31.9 Å². The third kappa shape index (κ3) is 6.53. The fourth-order valence-electron chi connectivity index (χ4n) is 3.08. The number of urea groups is 1. The molecule has 1 aromatic carbocycles. The topological polar surface area (TPSA) is 66.9 Å². The molecular formula is C22H23ClF4N2O4S. The van der Waals surface area contributed by atoms with Crippen molar-refractivity contribution in [1.29, 1.82) is 0 Å². The van der Waals surface area contributed by atoms with Crippen LogP contribution < -0.4 is 4.90 Å². The molecule has 34 heavy (non-hydrogen) atoms. The molecule has 1 unspecified atom stereocenters. The molecule has 0 spiro atoms. The van der Waals surface area contributed by atoms with Crippen molar-refractivity contribution in [2.24, 2.45) is 5.92 Å². The van der Waals surface area contributed by atoms with Crippen LogP contribution in [-0.4, -0.2) is 48.3 Å². The Morgan fingerprint density at radius 3 is 2.53 bits per heavy atom. The van der Waals surface area contributed by atoms with Gasteiger partial charge in [0.15, 0.2) is 0 Å². The standard InChI is InChI=1S/C22H23ClF4N2O4S/c1-12(2)8-18(20(31)33-7-5-6-30)34-17-11-16(15(24)10-14(17)23)29-13(3)9-19(22(25,26)27)28(4)21(29)32/h6,9-12,18H,3,5,7-8H2,1-2,4H3. The number of aldehydes is 1. The lowest BCUT2D eigenvalue weighted by Crippen LogP contribution is -2.46. The van der Waals surface area contributed by atoms with Gasteiger partial charge in [0.1, 0.15) is 23.1 Å². The van der Waals surface area contributed by atoms with Gasteiger partial charge in [0.05, 0.1) is 17.3 Å². The summed E-state index contributed by atoms with van der Waals surface area (Å²) in [6.07, 6.45) is -3.17. The molecule has 0 aliphatic carbocycles. The van der Waals surface area contributed by atoms with Gasteiger partial charge in [-0.05, 0) is 30.5 Å². The zero-order valence-corrected chi connectivity index (χ0v) is 20.2. The second kappa shape index (κ2) is 11.3. The van der Waals surface area contributed by atoms with Gasteiger partial charge >= 0.3 is 18.2 Å². The Kier molecular flexibility index (Phi) is 9.18. The first-order valence-electron chi connectivity index (χ1n) is 10.1. The van der Waals surface area contributed by atoms with Crippen LogP contribution in [0, 0.1) is 11.7 Å². The van der Waals surface area contributed by atoms with Gasteiger partial charge in [-0.1, -0.05) is 32.0 Å². The number of thioether (sulfide) groups is 1. The van der Waals surface area contributed by atoms with E-state index >= 15 is 0 Å². The molecule has 0 bridgehead atoms. The molecule has 0 saturated heterocycles. The molecule has 0 fully saturated rings. The minimum absolute atomic E-state index is 0.0341. The Bertz CT molecular complexity index is 1010. The Morgan fingerprint density at radius 2 is 1.97 bits per heavy atom. The third-order valence-corrected chi connectivity index (χ3v) is 6.35. The number of carbonyl (C=O) groups is 3. The van der Waals surface area contributed by atoms with E-state index in [1.54, 1.807) is 0 Å². The number of nitrogens with zero attached hydrogens (tertiary/aromatic N) is 2. The predicted octanol–water partition coefficient (Wildman–Crippen LogP) is 5.95. The summed E-state index contributed by atoms with van der Waals surface area (Å²) in [5.74, 6) is -1.49. The summed E-state index contributed by atoms with van der Waals surface area (Å²) < 4.78 is 59.6. The number of ether oxygens (including phenoxy) is 1. The van der Waals surface area contributed by atoms with Crippen LogP contribution in [0.15, 0.2) is 41.1 Å². The average molecular weight is 523 g/mol. The van der Waals surface area contributed by atoms with Gasteiger partial charge in [-0.3, -0.25) is 14.6 Å². The molecule has 1 heterocycles. The molecule has 2 rings (SSSR count). The zero-order chi connectivity index (χ0) is 25.8. The van der Waals surface area contributed by atoms with Crippen LogP contribution in [0.2, 0.25) is 5.02 Å². The monoisotopic (exact) mass is 522 g/mol. The first kappa shape index (κ1) is 27.7. The molecule has 1 atom stereocenters. The molecule has 0 N–H and O–H groups in total. The van der Waals surface area contributed by atoms with E-state index in [1.807, 2.05) is 13.8 Å². The van der Waals surface area contributed by atoms with Gasteiger partial charge in [-0.2, -0.15) is 13.2 Å². The summed E-state index contributed by atoms with van der Waals surface area (Å²) in [6.45, 7) is 7.13. The minimum atomic E-state index is -4.81. The van der Waals surface area contributed by atoms with E-state index in [-0.39, 0.29) is 40.2 Å². The van der Waals surface area contributed by atoms with Gasteiger partial charge in [-0.15, -0.1) is 11.8 Å². The van der Waals surface area contributed by atoms with Crippen molar-refractivity contribution in [2.45, 2.75) is 43.0 Å². The summed E-state index contributed by atoms with van der Waals surface area (Å²) in [6, 6.07) is 0.925. The first-order chi connectivity index (χ1) is 15.8. The maximum atomic E-state index is 14.8. The number of esters is 1. The first-order valence-corrected chi connectivity index (χ1v) is 11.3. The van der Waals surface area contributed by atoms with Crippen molar-refractivity contribution in [3.63, 3.8) is 0 Å². The van der Waals surface area contributed by atoms with E-state index in [4.69, 9.17) is 16.3 Å². The summed E-state index contributed by atoms with van der Waals surface area (Å²) in [5, 5.41) is -0.822. The lowest BCUT2D eigenvalue weighted by molar-refractivity contribution is -0.143. The molecule has 1 aliphatic heterocycles. The normalized spacial score (nSPS) is 15.5. The smallest absolute Gasteiger partial charge is 0.431 e. The molecule has 1 aliphatic rings. The Labute approximate surface area is 203 Å². The number of amides is 2. The van der Waals surface area contributed by atoms with Gasteiger partial charge < -0.3 is 9.53 Å². The maximum absolute atomic E-state index is 14.8. The number of carbonyl (C=O) groups excluding carboxylic acids is 3. The number of halogens is 5. The van der Waals surface area contributed by atoms with Crippen LogP contribution >= 0.6 is 23.4 Å². The maximum Gasteiger partial charge on any atom is 0.431 e. The highest BCUT2D eigenvalue weighted by Gasteiger charge is 2.43. The lowest BCUT2D eigenvalue weighted by atomic mass is 10.1. The highest BCUT2D eigenvalue weighted by atomic mass is 35.5. The van der Waals surface area contributed by atoms with Crippen LogP contribution in [-0.2, 0) is 14.3 Å². The fraction of sp³-hybridized carbons (Fsp3) is 0.409. The van der Waals surface area contributed by atoms with Crippen molar-refractivity contribution >= 4 is 47.3 Å². The van der Waals surface area contributed by atoms with Gasteiger partial charge in [0, 0.05) is 24.1 Å². The molecule has 0 radical (unpaired) electrons. The lowest BCUT2D eigenvalue weighted by Gasteiger charge is -2.35. The quantitative estimate of drug-likeness (QED) is 0.132. The Morgan fingerprint density at radius 1 is 1.32 bits per heavy atom. The SMILES string of the molecule is C=C1C=C(C(F)(F)F)N(C)C(=O)N1c1cc(SC(CC(C)C)C(=O)OCCC=O)c(Cl)cc1F. The van der Waals surface area contributed by atoms with Crippen LogP contribution in [0.5, 0.6) is 0 Å². The fourth-order valence-corrected chi connectivity index (χ4v) is 4.67. The van der Waals surface area contributed by atoms with Crippen LogP contribution in [0.3, 0.4) is 0 Å². The van der Waals surface area contributed by atoms with Crippen LogP contribution in [0.1, 0.15) is 26.7 Å². The van der Waals surface area contributed by atoms with E-state index < -0.39 is 34.9 Å². The number of hydrogen-bond acceptors (Lipinski definition) is 5. The predicted molar refractivity (Wildman–Crippen MR) is 121 cm³/mol. The highest BCUT2D eigenvalue weighted by Crippen LogP contribution is 2.41.